The molecule has 5 heteroatoms. The summed E-state index contributed by atoms with van der Waals surface area (Å²) in [5.74, 6) is 1.53. The lowest BCUT2D eigenvalue weighted by Crippen LogP contribution is -2.41. The van der Waals surface area contributed by atoms with Crippen molar-refractivity contribution in [1.82, 2.24) is 20.5 Å². The van der Waals surface area contributed by atoms with Gasteiger partial charge in [-0.2, -0.15) is 5.10 Å². The zero-order chi connectivity index (χ0) is 13.2. The monoisotopic (exact) mass is 261 g/mol. The standard InChI is InChI=1S/C14H23N5/c1-10-11(2)17-18-14(16-10)19-7-3-4-12(9-19)8-15-13-5-6-13/h12-13,15H,3-9H2,1-2H3. The van der Waals surface area contributed by atoms with Crippen LogP contribution < -0.4 is 10.2 Å². The summed E-state index contributed by atoms with van der Waals surface area (Å²) < 4.78 is 0. The van der Waals surface area contributed by atoms with Crippen LogP contribution >= 0.6 is 0 Å². The third-order valence-corrected chi connectivity index (χ3v) is 4.16. The van der Waals surface area contributed by atoms with Gasteiger partial charge in [-0.1, -0.05) is 0 Å². The Morgan fingerprint density at radius 2 is 2.00 bits per heavy atom. The van der Waals surface area contributed by atoms with E-state index in [1.54, 1.807) is 0 Å². The molecule has 1 aromatic rings. The minimum atomic E-state index is 0.722. The first-order valence-electron chi connectivity index (χ1n) is 7.38. The number of aryl methyl sites for hydroxylation is 2. The van der Waals surface area contributed by atoms with Gasteiger partial charge in [0.25, 0.3) is 0 Å². The van der Waals surface area contributed by atoms with Crippen molar-refractivity contribution in [3.8, 4) is 0 Å². The van der Waals surface area contributed by atoms with Crippen LogP contribution in [-0.4, -0.2) is 40.9 Å². The van der Waals surface area contributed by atoms with Crippen molar-refractivity contribution in [3.05, 3.63) is 11.4 Å². The van der Waals surface area contributed by atoms with Crippen molar-refractivity contribution >= 4 is 5.95 Å². The number of anilines is 1. The molecule has 1 saturated heterocycles. The lowest BCUT2D eigenvalue weighted by atomic mass is 9.98. The Labute approximate surface area is 114 Å². The van der Waals surface area contributed by atoms with Crippen LogP contribution in [0, 0.1) is 19.8 Å². The predicted molar refractivity (Wildman–Crippen MR) is 75.3 cm³/mol. The van der Waals surface area contributed by atoms with Gasteiger partial charge in [-0.3, -0.25) is 0 Å². The van der Waals surface area contributed by atoms with Gasteiger partial charge in [-0.05, 0) is 52.0 Å². The minimum absolute atomic E-state index is 0.722. The second-order valence-electron chi connectivity index (χ2n) is 5.92. The molecule has 104 valence electrons. The van der Waals surface area contributed by atoms with E-state index in [0.717, 1.165) is 48.9 Å². The highest BCUT2D eigenvalue weighted by molar-refractivity contribution is 5.30. The summed E-state index contributed by atoms with van der Waals surface area (Å²) in [6.07, 6.45) is 5.27. The number of hydrogen-bond donors (Lipinski definition) is 1. The van der Waals surface area contributed by atoms with Crippen LogP contribution in [0.1, 0.15) is 37.1 Å². The van der Waals surface area contributed by atoms with Crippen molar-refractivity contribution in [2.45, 2.75) is 45.6 Å². The molecular weight excluding hydrogens is 238 g/mol. The second kappa shape index (κ2) is 5.41. The zero-order valence-electron chi connectivity index (χ0n) is 11.9. The Morgan fingerprint density at radius 1 is 1.16 bits per heavy atom. The highest BCUT2D eigenvalue weighted by Crippen LogP contribution is 2.23. The topological polar surface area (TPSA) is 53.9 Å². The van der Waals surface area contributed by atoms with Crippen LogP contribution in [0.15, 0.2) is 0 Å². The van der Waals surface area contributed by atoms with Gasteiger partial charge < -0.3 is 10.2 Å². The second-order valence-corrected chi connectivity index (χ2v) is 5.92. The Hall–Kier alpha value is -1.23. The predicted octanol–water partition coefficient (Wildman–Crippen LogP) is 1.46. The van der Waals surface area contributed by atoms with Gasteiger partial charge in [0.05, 0.1) is 11.4 Å². The van der Waals surface area contributed by atoms with Crippen LogP contribution in [0.2, 0.25) is 0 Å². The summed E-state index contributed by atoms with van der Waals surface area (Å²) in [5, 5.41) is 12.1. The molecule has 2 aliphatic rings. The SMILES string of the molecule is Cc1nnc(N2CCCC(CNC3CC3)C2)nc1C. The lowest BCUT2D eigenvalue weighted by molar-refractivity contribution is 0.387. The van der Waals surface area contributed by atoms with Gasteiger partial charge in [0.1, 0.15) is 0 Å². The number of aromatic nitrogens is 3. The molecule has 0 radical (unpaired) electrons. The normalized spacial score (nSPS) is 23.7. The van der Waals surface area contributed by atoms with E-state index in [4.69, 9.17) is 0 Å². The Balaban J connectivity index is 1.61. The first-order valence-corrected chi connectivity index (χ1v) is 7.38. The molecule has 1 saturated carbocycles. The molecule has 2 fully saturated rings. The smallest absolute Gasteiger partial charge is 0.245 e. The van der Waals surface area contributed by atoms with E-state index in [9.17, 15) is 0 Å². The quantitative estimate of drug-likeness (QED) is 0.889. The highest BCUT2D eigenvalue weighted by Gasteiger charge is 2.25. The summed E-state index contributed by atoms with van der Waals surface area (Å²) in [4.78, 5) is 6.86. The van der Waals surface area contributed by atoms with Crippen LogP contribution in [0.3, 0.4) is 0 Å². The fourth-order valence-corrected chi connectivity index (χ4v) is 2.61. The van der Waals surface area contributed by atoms with E-state index in [1.807, 2.05) is 13.8 Å². The molecule has 2 heterocycles. The number of nitrogens with zero attached hydrogens (tertiary/aromatic N) is 4. The number of hydrogen-bond acceptors (Lipinski definition) is 5. The number of rotatable bonds is 4. The molecule has 1 aromatic heterocycles. The molecule has 19 heavy (non-hydrogen) atoms. The molecule has 3 rings (SSSR count). The fraction of sp³-hybridized carbons (Fsp3) is 0.786. The van der Waals surface area contributed by atoms with Gasteiger partial charge in [0.15, 0.2) is 0 Å². The van der Waals surface area contributed by atoms with E-state index in [2.05, 4.69) is 25.4 Å². The molecule has 1 unspecified atom stereocenters. The summed E-state index contributed by atoms with van der Waals surface area (Å²) in [6, 6.07) is 0.801. The molecule has 1 atom stereocenters. The number of piperidine rings is 1. The van der Waals surface area contributed by atoms with Crippen LogP contribution in [0.5, 0.6) is 0 Å². The Morgan fingerprint density at radius 3 is 2.74 bits per heavy atom. The molecule has 0 spiro atoms. The van der Waals surface area contributed by atoms with Crippen molar-refractivity contribution in [2.24, 2.45) is 5.92 Å². The largest absolute Gasteiger partial charge is 0.339 e. The molecular formula is C14H23N5. The lowest BCUT2D eigenvalue weighted by Gasteiger charge is -2.32. The third kappa shape index (κ3) is 3.21. The summed E-state index contributed by atoms with van der Waals surface area (Å²) in [5.41, 5.74) is 1.91. The summed E-state index contributed by atoms with van der Waals surface area (Å²) >= 11 is 0. The van der Waals surface area contributed by atoms with Gasteiger partial charge in [0, 0.05) is 19.1 Å². The first-order chi connectivity index (χ1) is 9.22. The van der Waals surface area contributed by atoms with E-state index >= 15 is 0 Å². The van der Waals surface area contributed by atoms with Crippen molar-refractivity contribution in [3.63, 3.8) is 0 Å². The molecule has 0 bridgehead atoms. The van der Waals surface area contributed by atoms with E-state index in [0.29, 0.717) is 0 Å². The number of nitrogens with one attached hydrogen (secondary N) is 1. The van der Waals surface area contributed by atoms with E-state index in [-0.39, 0.29) is 0 Å². The van der Waals surface area contributed by atoms with Crippen molar-refractivity contribution < 1.29 is 0 Å². The minimum Gasteiger partial charge on any atom is -0.339 e. The van der Waals surface area contributed by atoms with Gasteiger partial charge >= 0.3 is 0 Å². The Kier molecular flexibility index (Phi) is 3.64. The molecule has 0 amide bonds. The van der Waals surface area contributed by atoms with Crippen LogP contribution in [-0.2, 0) is 0 Å². The zero-order valence-corrected chi connectivity index (χ0v) is 11.9. The third-order valence-electron chi connectivity index (χ3n) is 4.16. The molecule has 0 aromatic carbocycles. The summed E-state index contributed by atoms with van der Waals surface area (Å²) in [6.45, 7) is 7.22. The van der Waals surface area contributed by atoms with Gasteiger partial charge in [-0.15, -0.1) is 5.10 Å². The maximum Gasteiger partial charge on any atom is 0.245 e. The summed E-state index contributed by atoms with van der Waals surface area (Å²) in [7, 11) is 0. The maximum atomic E-state index is 4.57. The maximum absolute atomic E-state index is 4.57. The molecule has 1 N–H and O–H groups in total. The van der Waals surface area contributed by atoms with Crippen molar-refractivity contribution in [2.75, 3.05) is 24.5 Å². The highest BCUT2D eigenvalue weighted by atomic mass is 15.3. The van der Waals surface area contributed by atoms with E-state index < -0.39 is 0 Å². The average molecular weight is 261 g/mol. The molecule has 1 aliphatic carbocycles. The molecule has 1 aliphatic heterocycles. The Bertz CT molecular complexity index is 443. The average Bonchev–Trinajstić information content (AvgIpc) is 3.24. The van der Waals surface area contributed by atoms with Crippen molar-refractivity contribution in [1.29, 1.82) is 0 Å². The fourth-order valence-electron chi connectivity index (χ4n) is 2.61. The van der Waals surface area contributed by atoms with Gasteiger partial charge in [0.2, 0.25) is 5.95 Å². The van der Waals surface area contributed by atoms with Gasteiger partial charge in [-0.25, -0.2) is 4.98 Å². The molecule has 5 nitrogen and oxygen atoms in total. The van der Waals surface area contributed by atoms with Crippen LogP contribution in [0.25, 0.3) is 0 Å². The first kappa shape index (κ1) is 12.8. The van der Waals surface area contributed by atoms with Crippen LogP contribution in [0.4, 0.5) is 5.95 Å². The van der Waals surface area contributed by atoms with E-state index in [1.165, 1.54) is 25.7 Å².